The molecule has 0 amide bonds. The predicted octanol–water partition coefficient (Wildman–Crippen LogP) is 1.87. The van der Waals surface area contributed by atoms with E-state index in [1.807, 2.05) is 0 Å². The maximum atomic E-state index is 11.8. The van der Waals surface area contributed by atoms with E-state index in [1.54, 1.807) is 0 Å². The van der Waals surface area contributed by atoms with Crippen LogP contribution in [0.3, 0.4) is 0 Å². The van der Waals surface area contributed by atoms with Gasteiger partial charge in [-0.3, -0.25) is 0 Å². The average Bonchev–Trinajstić information content (AvgIpc) is 2.29. The Balaban J connectivity index is 2.09. The van der Waals surface area contributed by atoms with E-state index in [4.69, 9.17) is 5.73 Å². The van der Waals surface area contributed by atoms with Gasteiger partial charge >= 0.3 is 6.18 Å². The first-order valence-corrected chi connectivity index (χ1v) is 6.49. The van der Waals surface area contributed by atoms with Crippen molar-refractivity contribution in [3.8, 4) is 0 Å². The van der Waals surface area contributed by atoms with Crippen LogP contribution < -0.4 is 5.73 Å². The molecule has 2 atom stereocenters. The van der Waals surface area contributed by atoms with Gasteiger partial charge in [0.05, 0.1) is 0 Å². The molecule has 1 fully saturated rings. The topological polar surface area (TPSA) is 38.5 Å². The average molecular weight is 268 g/mol. The fourth-order valence-corrected chi connectivity index (χ4v) is 2.31. The summed E-state index contributed by atoms with van der Waals surface area (Å²) in [6.07, 6.45) is -2.46. The summed E-state index contributed by atoms with van der Waals surface area (Å²) >= 11 is 0. The summed E-state index contributed by atoms with van der Waals surface area (Å²) in [6, 6.07) is 0. The van der Waals surface area contributed by atoms with Gasteiger partial charge in [-0.2, -0.15) is 13.2 Å². The number of rotatable bonds is 6. The van der Waals surface area contributed by atoms with Crippen molar-refractivity contribution in [2.75, 3.05) is 39.4 Å². The number of hydrogen-bond acceptors (Lipinski definition) is 3. The first-order chi connectivity index (χ1) is 8.42. The molecule has 108 valence electrons. The van der Waals surface area contributed by atoms with Crippen molar-refractivity contribution in [1.29, 1.82) is 0 Å². The molecule has 0 radical (unpaired) electrons. The molecule has 0 aliphatic carbocycles. The summed E-state index contributed by atoms with van der Waals surface area (Å²) in [4.78, 5) is 2.27. The van der Waals surface area contributed by atoms with Gasteiger partial charge < -0.3 is 15.4 Å². The lowest BCUT2D eigenvalue weighted by Gasteiger charge is -2.36. The molecule has 1 heterocycles. The van der Waals surface area contributed by atoms with E-state index in [-0.39, 0.29) is 6.61 Å². The second kappa shape index (κ2) is 7.31. The highest BCUT2D eigenvalue weighted by atomic mass is 19.4. The normalized spacial score (nSPS) is 26.5. The van der Waals surface area contributed by atoms with Gasteiger partial charge in [0.2, 0.25) is 0 Å². The third-order valence-electron chi connectivity index (χ3n) is 3.53. The van der Waals surface area contributed by atoms with Gasteiger partial charge in [-0.25, -0.2) is 0 Å². The van der Waals surface area contributed by atoms with Gasteiger partial charge in [0, 0.05) is 19.7 Å². The van der Waals surface area contributed by atoms with E-state index in [2.05, 4.69) is 16.6 Å². The van der Waals surface area contributed by atoms with Crippen molar-refractivity contribution >= 4 is 0 Å². The molecule has 1 aliphatic heterocycles. The molecule has 0 saturated carbocycles. The van der Waals surface area contributed by atoms with Crippen LogP contribution in [0.5, 0.6) is 0 Å². The highest BCUT2D eigenvalue weighted by Crippen LogP contribution is 2.22. The number of nitrogens with zero attached hydrogens (tertiary/aromatic N) is 1. The molecule has 0 aromatic carbocycles. The van der Waals surface area contributed by atoms with Crippen molar-refractivity contribution in [1.82, 2.24) is 4.90 Å². The van der Waals surface area contributed by atoms with Crippen LogP contribution in [-0.2, 0) is 4.74 Å². The number of alkyl halides is 3. The van der Waals surface area contributed by atoms with Gasteiger partial charge in [0.15, 0.2) is 0 Å². The first-order valence-electron chi connectivity index (χ1n) is 6.49. The van der Waals surface area contributed by atoms with Crippen molar-refractivity contribution < 1.29 is 17.9 Å². The second-order valence-electron chi connectivity index (χ2n) is 5.08. The standard InChI is InChI=1S/C12H23F3N2O/c1-10-3-5-17(8-11(10)7-16)4-2-6-18-9-12(13,14)15/h10-11H,2-9,16H2,1H3. The monoisotopic (exact) mass is 268 g/mol. The minimum absolute atomic E-state index is 0.166. The zero-order valence-corrected chi connectivity index (χ0v) is 10.9. The largest absolute Gasteiger partial charge is 0.411 e. The number of piperidine rings is 1. The molecule has 0 aromatic rings. The summed E-state index contributed by atoms with van der Waals surface area (Å²) < 4.78 is 40.1. The van der Waals surface area contributed by atoms with E-state index in [9.17, 15) is 13.2 Å². The number of likely N-dealkylation sites (tertiary alicyclic amines) is 1. The van der Waals surface area contributed by atoms with Crippen LogP contribution in [0.4, 0.5) is 13.2 Å². The predicted molar refractivity (Wildman–Crippen MR) is 64.3 cm³/mol. The van der Waals surface area contributed by atoms with Crippen LogP contribution in [0.2, 0.25) is 0 Å². The molecule has 1 aliphatic rings. The van der Waals surface area contributed by atoms with E-state index in [0.29, 0.717) is 24.8 Å². The number of hydrogen-bond donors (Lipinski definition) is 1. The molecule has 3 nitrogen and oxygen atoms in total. The molecule has 6 heteroatoms. The highest BCUT2D eigenvalue weighted by molar-refractivity contribution is 4.78. The molecule has 18 heavy (non-hydrogen) atoms. The maximum absolute atomic E-state index is 11.8. The van der Waals surface area contributed by atoms with Crippen LogP contribution in [-0.4, -0.2) is 50.5 Å². The SMILES string of the molecule is CC1CCN(CCCOCC(F)(F)F)CC1CN. The van der Waals surface area contributed by atoms with Crippen LogP contribution in [0.25, 0.3) is 0 Å². The Bertz CT molecular complexity index is 236. The minimum Gasteiger partial charge on any atom is -0.372 e. The maximum Gasteiger partial charge on any atom is 0.411 e. The number of nitrogens with two attached hydrogens (primary N) is 1. The zero-order valence-electron chi connectivity index (χ0n) is 10.9. The van der Waals surface area contributed by atoms with E-state index >= 15 is 0 Å². The Hall–Kier alpha value is -0.330. The number of ether oxygens (including phenoxy) is 1. The molecule has 1 saturated heterocycles. The third kappa shape index (κ3) is 6.02. The lowest BCUT2D eigenvalue weighted by molar-refractivity contribution is -0.174. The Morgan fingerprint density at radius 3 is 2.72 bits per heavy atom. The zero-order chi connectivity index (χ0) is 13.6. The molecule has 1 rings (SSSR count). The van der Waals surface area contributed by atoms with E-state index in [1.165, 1.54) is 0 Å². The van der Waals surface area contributed by atoms with Crippen molar-refractivity contribution in [3.05, 3.63) is 0 Å². The third-order valence-corrected chi connectivity index (χ3v) is 3.53. The van der Waals surface area contributed by atoms with Crippen molar-refractivity contribution in [3.63, 3.8) is 0 Å². The molecule has 0 spiro atoms. The van der Waals surface area contributed by atoms with Crippen LogP contribution in [0.15, 0.2) is 0 Å². The van der Waals surface area contributed by atoms with E-state index in [0.717, 1.165) is 26.1 Å². The summed E-state index contributed by atoms with van der Waals surface area (Å²) in [5.41, 5.74) is 5.70. The van der Waals surface area contributed by atoms with Crippen LogP contribution in [0.1, 0.15) is 19.8 Å². The van der Waals surface area contributed by atoms with Gasteiger partial charge in [0.1, 0.15) is 6.61 Å². The summed E-state index contributed by atoms with van der Waals surface area (Å²) in [6.45, 7) is 4.67. The first kappa shape index (κ1) is 15.7. The van der Waals surface area contributed by atoms with E-state index < -0.39 is 12.8 Å². The van der Waals surface area contributed by atoms with Crippen LogP contribution in [0, 0.1) is 11.8 Å². The lowest BCUT2D eigenvalue weighted by Crippen LogP contribution is -2.43. The Morgan fingerprint density at radius 1 is 1.39 bits per heavy atom. The quantitative estimate of drug-likeness (QED) is 0.747. The number of halogens is 3. The Morgan fingerprint density at radius 2 is 2.11 bits per heavy atom. The minimum atomic E-state index is -4.22. The fraction of sp³-hybridized carbons (Fsp3) is 1.00. The summed E-state index contributed by atoms with van der Waals surface area (Å²) in [5, 5.41) is 0. The molecule has 2 unspecified atom stereocenters. The molecular formula is C12H23F3N2O. The summed E-state index contributed by atoms with van der Waals surface area (Å²) in [5.74, 6) is 1.16. The molecule has 0 bridgehead atoms. The molecule has 0 aromatic heterocycles. The van der Waals surface area contributed by atoms with Gasteiger partial charge in [-0.1, -0.05) is 6.92 Å². The second-order valence-corrected chi connectivity index (χ2v) is 5.08. The van der Waals surface area contributed by atoms with Crippen molar-refractivity contribution in [2.24, 2.45) is 17.6 Å². The van der Waals surface area contributed by atoms with Gasteiger partial charge in [-0.15, -0.1) is 0 Å². The highest BCUT2D eigenvalue weighted by Gasteiger charge is 2.27. The van der Waals surface area contributed by atoms with Gasteiger partial charge in [-0.05, 0) is 37.8 Å². The smallest absolute Gasteiger partial charge is 0.372 e. The van der Waals surface area contributed by atoms with Crippen molar-refractivity contribution in [2.45, 2.75) is 25.9 Å². The molecular weight excluding hydrogens is 245 g/mol. The Kier molecular flexibility index (Phi) is 6.38. The van der Waals surface area contributed by atoms with Crippen LogP contribution >= 0.6 is 0 Å². The molecule has 2 N–H and O–H groups in total. The Labute approximate surface area is 106 Å². The van der Waals surface area contributed by atoms with Gasteiger partial charge in [0.25, 0.3) is 0 Å². The summed E-state index contributed by atoms with van der Waals surface area (Å²) in [7, 11) is 0. The fourth-order valence-electron chi connectivity index (χ4n) is 2.31. The lowest BCUT2D eigenvalue weighted by atomic mass is 9.87.